The molecule has 2 heterocycles. The van der Waals surface area contributed by atoms with E-state index in [1.54, 1.807) is 12.1 Å². The second-order valence-electron chi connectivity index (χ2n) is 5.71. The van der Waals surface area contributed by atoms with E-state index in [1.807, 2.05) is 0 Å². The molecule has 0 aliphatic heterocycles. The Morgan fingerprint density at radius 3 is 2.48 bits per heavy atom. The van der Waals surface area contributed by atoms with Crippen LogP contribution in [0.2, 0.25) is 0 Å². The number of pyridine rings is 1. The third-order valence-electron chi connectivity index (χ3n) is 4.23. The highest BCUT2D eigenvalue weighted by atomic mass is 19.1. The number of aromatic hydroxyl groups is 2. The van der Waals surface area contributed by atoms with Gasteiger partial charge in [0.2, 0.25) is 17.5 Å². The third-order valence-corrected chi connectivity index (χ3v) is 4.23. The average Bonchev–Trinajstić information content (AvgIpc) is 2.86. The topological polar surface area (TPSA) is 99.2 Å². The third kappa shape index (κ3) is 2.13. The summed E-state index contributed by atoms with van der Waals surface area (Å²) < 4.78 is 14.2. The van der Waals surface area contributed by atoms with Gasteiger partial charge in [0, 0.05) is 11.8 Å². The summed E-state index contributed by atoms with van der Waals surface area (Å²) in [6.07, 6.45) is 1.43. The molecule has 0 atom stereocenters. The summed E-state index contributed by atoms with van der Waals surface area (Å²) in [5, 5.41) is 29.2. The quantitative estimate of drug-likeness (QED) is 0.523. The van der Waals surface area contributed by atoms with Gasteiger partial charge in [-0.3, -0.25) is 19.8 Å². The van der Waals surface area contributed by atoms with Crippen molar-refractivity contribution in [1.29, 1.82) is 5.41 Å². The first-order chi connectivity index (χ1) is 12.0. The van der Waals surface area contributed by atoms with Crippen molar-refractivity contribution in [2.75, 3.05) is 0 Å². The Kier molecular flexibility index (Phi) is 3.18. The zero-order valence-electron chi connectivity index (χ0n) is 12.8. The largest absolute Gasteiger partial charge is 0.494 e. The number of aromatic nitrogens is 2. The van der Waals surface area contributed by atoms with Crippen molar-refractivity contribution < 1.29 is 19.4 Å². The minimum atomic E-state index is -0.549. The first-order valence-corrected chi connectivity index (χ1v) is 7.47. The molecule has 0 fully saturated rings. The van der Waals surface area contributed by atoms with Crippen LogP contribution in [0.1, 0.15) is 32.7 Å². The molecule has 0 bridgehead atoms. The van der Waals surface area contributed by atoms with Crippen molar-refractivity contribution in [3.8, 4) is 11.8 Å². The van der Waals surface area contributed by atoms with Crippen LogP contribution in [0, 0.1) is 11.2 Å². The number of hydrogen-bond acceptors (Lipinski definition) is 5. The summed E-state index contributed by atoms with van der Waals surface area (Å²) in [5.74, 6) is -1.78. The zero-order valence-corrected chi connectivity index (χ0v) is 12.8. The molecular weight excluding hydrogens is 325 g/mol. The fourth-order valence-electron chi connectivity index (χ4n) is 3.01. The monoisotopic (exact) mass is 337 g/mol. The summed E-state index contributed by atoms with van der Waals surface area (Å²) in [7, 11) is 0. The fraction of sp³-hybridized carbons (Fsp3) is 0.0556. The minimum absolute atomic E-state index is 0.0230. The van der Waals surface area contributed by atoms with Gasteiger partial charge in [0.1, 0.15) is 11.5 Å². The Morgan fingerprint density at radius 2 is 1.76 bits per heavy atom. The lowest BCUT2D eigenvalue weighted by atomic mass is 9.89. The van der Waals surface area contributed by atoms with Gasteiger partial charge in [-0.1, -0.05) is 12.1 Å². The molecule has 0 saturated heterocycles. The predicted molar refractivity (Wildman–Crippen MR) is 86.9 cm³/mol. The maximum absolute atomic E-state index is 13.0. The molecule has 6 nitrogen and oxygen atoms in total. The van der Waals surface area contributed by atoms with E-state index in [0.717, 1.165) is 4.57 Å². The van der Waals surface area contributed by atoms with Crippen LogP contribution in [0.3, 0.4) is 0 Å². The molecule has 25 heavy (non-hydrogen) atoms. The second kappa shape index (κ2) is 5.27. The Labute approximate surface area is 141 Å². The van der Waals surface area contributed by atoms with Crippen LogP contribution < -0.4 is 0 Å². The van der Waals surface area contributed by atoms with E-state index in [9.17, 15) is 19.4 Å². The van der Waals surface area contributed by atoms with Gasteiger partial charge in [-0.2, -0.15) is 0 Å². The van der Waals surface area contributed by atoms with Gasteiger partial charge in [0.05, 0.1) is 23.4 Å². The van der Waals surface area contributed by atoms with Crippen molar-refractivity contribution in [3.63, 3.8) is 0 Å². The zero-order chi connectivity index (χ0) is 17.7. The van der Waals surface area contributed by atoms with E-state index in [2.05, 4.69) is 4.98 Å². The maximum Gasteiger partial charge on any atom is 0.218 e. The second-order valence-corrected chi connectivity index (χ2v) is 5.71. The van der Waals surface area contributed by atoms with Crippen LogP contribution in [-0.2, 0) is 6.54 Å². The Morgan fingerprint density at radius 1 is 1.08 bits per heavy atom. The molecule has 0 unspecified atom stereocenters. The molecule has 1 aliphatic rings. The van der Waals surface area contributed by atoms with Gasteiger partial charge in [0.25, 0.3) is 0 Å². The molecule has 2 aromatic heterocycles. The lowest BCUT2D eigenvalue weighted by Gasteiger charge is -2.14. The Balaban J connectivity index is 1.87. The molecule has 0 spiro atoms. The Bertz CT molecular complexity index is 980. The van der Waals surface area contributed by atoms with Gasteiger partial charge in [-0.25, -0.2) is 4.39 Å². The minimum Gasteiger partial charge on any atom is -0.494 e. The maximum atomic E-state index is 13.0. The lowest BCUT2D eigenvalue weighted by Crippen LogP contribution is -2.20. The normalized spacial score (nSPS) is 12.8. The number of halogens is 1. The van der Waals surface area contributed by atoms with Gasteiger partial charge in [-0.15, -0.1) is 0 Å². The number of rotatable bonds is 2. The number of carbonyl (C=O) groups is 1. The standard InChI is InChI=1S/C18H12FN3O3/c19-10-5-3-9(4-6-10)8-22-17(24)12-13(18(22)25)16(23)15-11(14(12)20)2-1-7-21-15/h1-7,20,24-25H,8H2. The highest BCUT2D eigenvalue weighted by Gasteiger charge is 2.37. The summed E-state index contributed by atoms with van der Waals surface area (Å²) in [6, 6.07) is 8.71. The van der Waals surface area contributed by atoms with E-state index >= 15 is 0 Å². The van der Waals surface area contributed by atoms with Gasteiger partial charge in [-0.05, 0) is 29.8 Å². The molecule has 0 radical (unpaired) electrons. The van der Waals surface area contributed by atoms with E-state index < -0.39 is 17.5 Å². The molecular formula is C18H12FN3O3. The number of carbonyl (C=O) groups excluding carboxylic acids is 1. The van der Waals surface area contributed by atoms with Gasteiger partial charge >= 0.3 is 0 Å². The molecule has 1 aromatic carbocycles. The van der Waals surface area contributed by atoms with Gasteiger partial charge < -0.3 is 10.2 Å². The molecule has 3 aromatic rings. The van der Waals surface area contributed by atoms with Crippen LogP contribution in [0.25, 0.3) is 0 Å². The van der Waals surface area contributed by atoms with Crippen LogP contribution in [0.4, 0.5) is 4.39 Å². The number of nitrogens with one attached hydrogen (secondary N) is 1. The van der Waals surface area contributed by atoms with Crippen LogP contribution >= 0.6 is 0 Å². The molecule has 1 aliphatic carbocycles. The number of fused-ring (bicyclic) bond motifs is 2. The van der Waals surface area contributed by atoms with Crippen LogP contribution in [0.15, 0.2) is 42.6 Å². The fourth-order valence-corrected chi connectivity index (χ4v) is 3.01. The highest BCUT2D eigenvalue weighted by molar-refractivity contribution is 6.30. The van der Waals surface area contributed by atoms with E-state index in [1.165, 1.54) is 30.5 Å². The van der Waals surface area contributed by atoms with Crippen molar-refractivity contribution in [1.82, 2.24) is 9.55 Å². The highest BCUT2D eigenvalue weighted by Crippen LogP contribution is 2.40. The summed E-state index contributed by atoms with van der Waals surface area (Å²) in [4.78, 5) is 16.6. The van der Waals surface area contributed by atoms with E-state index in [-0.39, 0.29) is 35.0 Å². The Hall–Kier alpha value is -3.48. The SMILES string of the molecule is N=C1c2cccnc2C(=O)c2c1c(O)n(Cc1ccc(F)cc1)c2O. The summed E-state index contributed by atoms with van der Waals surface area (Å²) >= 11 is 0. The van der Waals surface area contributed by atoms with Crippen LogP contribution in [0.5, 0.6) is 11.8 Å². The van der Waals surface area contributed by atoms with E-state index in [0.29, 0.717) is 11.1 Å². The number of ketones is 1. The smallest absolute Gasteiger partial charge is 0.218 e. The average molecular weight is 337 g/mol. The van der Waals surface area contributed by atoms with E-state index in [4.69, 9.17) is 5.41 Å². The first-order valence-electron chi connectivity index (χ1n) is 7.47. The predicted octanol–water partition coefficient (Wildman–Crippen LogP) is 2.44. The molecule has 7 heteroatoms. The van der Waals surface area contributed by atoms with Gasteiger partial charge in [0.15, 0.2) is 0 Å². The lowest BCUT2D eigenvalue weighted by molar-refractivity contribution is 0.103. The summed E-state index contributed by atoms with van der Waals surface area (Å²) in [5.41, 5.74) is 0.738. The van der Waals surface area contributed by atoms with Crippen molar-refractivity contribution in [2.24, 2.45) is 0 Å². The molecule has 0 amide bonds. The van der Waals surface area contributed by atoms with Crippen LogP contribution in [-0.4, -0.2) is 31.3 Å². The molecule has 124 valence electrons. The first kappa shape index (κ1) is 15.1. The molecule has 0 saturated carbocycles. The number of nitrogens with zero attached hydrogens (tertiary/aromatic N) is 2. The molecule has 4 rings (SSSR count). The number of benzene rings is 1. The molecule has 3 N–H and O–H groups in total. The van der Waals surface area contributed by atoms with Crippen molar-refractivity contribution in [2.45, 2.75) is 6.54 Å². The van der Waals surface area contributed by atoms with Crippen molar-refractivity contribution >= 4 is 11.5 Å². The van der Waals surface area contributed by atoms with Crippen molar-refractivity contribution in [3.05, 3.63) is 76.4 Å². The summed E-state index contributed by atoms with van der Waals surface area (Å²) in [6.45, 7) is 0.0231. The number of hydrogen-bond donors (Lipinski definition) is 3.